The molecule has 0 saturated heterocycles. The molecule has 0 aromatic heterocycles. The van der Waals surface area contributed by atoms with Gasteiger partial charge >= 0.3 is 0 Å². The highest BCUT2D eigenvalue weighted by Crippen LogP contribution is 2.06. The van der Waals surface area contributed by atoms with E-state index in [2.05, 4.69) is 17.4 Å². The van der Waals surface area contributed by atoms with E-state index in [0.29, 0.717) is 19.6 Å². The van der Waals surface area contributed by atoms with Gasteiger partial charge in [0.05, 0.1) is 12.4 Å². The fraction of sp³-hybridized carbons (Fsp3) is 0.571. The normalized spacial score (nSPS) is 11.7. The third-order valence-electron chi connectivity index (χ3n) is 2.88. The van der Waals surface area contributed by atoms with Crippen LogP contribution in [0.15, 0.2) is 24.3 Å². The Hall–Kier alpha value is -0.910. The molecule has 0 heterocycles. The minimum Gasteiger partial charge on any atom is -0.380 e. The van der Waals surface area contributed by atoms with Gasteiger partial charge in [-0.05, 0) is 24.1 Å². The summed E-state index contributed by atoms with van der Waals surface area (Å²) in [6.07, 6.45) is 0.661. The predicted molar refractivity (Wildman–Crippen MR) is 77.8 cm³/mol. The van der Waals surface area contributed by atoms with E-state index >= 15 is 0 Å². The van der Waals surface area contributed by atoms with Gasteiger partial charge in [-0.15, -0.1) is 0 Å². The smallest absolute Gasteiger partial charge is 0.150 e. The fourth-order valence-corrected chi connectivity index (χ4v) is 2.66. The maximum absolute atomic E-state index is 11.3. The zero-order valence-electron chi connectivity index (χ0n) is 11.7. The lowest BCUT2D eigenvalue weighted by atomic mass is 10.1. The third kappa shape index (κ3) is 6.71. The van der Waals surface area contributed by atoms with E-state index in [1.165, 1.54) is 5.56 Å². The monoisotopic (exact) mass is 285 g/mol. The predicted octanol–water partition coefficient (Wildman–Crippen LogP) is 1.75. The first kappa shape index (κ1) is 16.1. The summed E-state index contributed by atoms with van der Waals surface area (Å²) >= 11 is 0. The second-order valence-corrected chi connectivity index (χ2v) is 6.99. The molecule has 1 aromatic rings. The Kier molecular flexibility index (Phi) is 7.05. The molecule has 0 amide bonds. The Morgan fingerprint density at radius 1 is 1.26 bits per heavy atom. The molecular formula is C14H23NO3S. The molecule has 5 heteroatoms. The van der Waals surface area contributed by atoms with Gasteiger partial charge in [0.15, 0.2) is 0 Å². The molecule has 0 aliphatic carbocycles. The van der Waals surface area contributed by atoms with Crippen molar-refractivity contribution in [1.82, 2.24) is 5.32 Å². The summed E-state index contributed by atoms with van der Waals surface area (Å²) in [5.74, 6) is 0.492. The van der Waals surface area contributed by atoms with Gasteiger partial charge in [-0.3, -0.25) is 0 Å². The van der Waals surface area contributed by atoms with Crippen molar-refractivity contribution >= 4 is 9.84 Å². The number of benzene rings is 1. The van der Waals surface area contributed by atoms with E-state index in [1.807, 2.05) is 12.1 Å². The molecule has 108 valence electrons. The topological polar surface area (TPSA) is 55.4 Å². The number of sulfone groups is 1. The average Bonchev–Trinajstić information content (AvgIpc) is 2.39. The van der Waals surface area contributed by atoms with E-state index in [9.17, 15) is 8.42 Å². The van der Waals surface area contributed by atoms with E-state index in [0.717, 1.165) is 12.1 Å². The van der Waals surface area contributed by atoms with Crippen LogP contribution in [0, 0.1) is 0 Å². The lowest BCUT2D eigenvalue weighted by Crippen LogP contribution is -2.19. The lowest BCUT2D eigenvalue weighted by Gasteiger charge is -2.07. The maximum Gasteiger partial charge on any atom is 0.150 e. The molecule has 0 saturated carbocycles. The van der Waals surface area contributed by atoms with Gasteiger partial charge in [-0.2, -0.15) is 0 Å². The van der Waals surface area contributed by atoms with Crippen LogP contribution in [0.1, 0.15) is 24.5 Å². The van der Waals surface area contributed by atoms with Crippen LogP contribution in [0.2, 0.25) is 0 Å². The van der Waals surface area contributed by atoms with Crippen molar-refractivity contribution in [3.8, 4) is 0 Å². The average molecular weight is 285 g/mol. The summed E-state index contributed by atoms with van der Waals surface area (Å²) < 4.78 is 27.7. The number of hydrogen-bond donors (Lipinski definition) is 1. The summed E-state index contributed by atoms with van der Waals surface area (Å²) in [5, 5.41) is 3.26. The Balaban J connectivity index is 2.28. The molecule has 1 rings (SSSR count). The summed E-state index contributed by atoms with van der Waals surface area (Å²) in [7, 11) is -1.16. The molecule has 0 bridgehead atoms. The first-order chi connectivity index (χ1) is 9.07. The van der Waals surface area contributed by atoms with Crippen molar-refractivity contribution in [3.63, 3.8) is 0 Å². The van der Waals surface area contributed by atoms with Gasteiger partial charge in [0.25, 0.3) is 0 Å². The first-order valence-corrected chi connectivity index (χ1v) is 8.37. The molecule has 4 nitrogen and oxygen atoms in total. The van der Waals surface area contributed by atoms with Gasteiger partial charge < -0.3 is 10.1 Å². The summed E-state index contributed by atoms with van der Waals surface area (Å²) in [4.78, 5) is 0. The molecule has 0 radical (unpaired) electrons. The largest absolute Gasteiger partial charge is 0.380 e. The summed E-state index contributed by atoms with van der Waals surface area (Å²) in [6.45, 7) is 3.77. The highest BCUT2D eigenvalue weighted by atomic mass is 32.2. The molecular weight excluding hydrogens is 262 g/mol. The van der Waals surface area contributed by atoms with Gasteiger partial charge in [0.2, 0.25) is 0 Å². The van der Waals surface area contributed by atoms with Crippen LogP contribution < -0.4 is 5.32 Å². The van der Waals surface area contributed by atoms with Crippen LogP contribution in [0.3, 0.4) is 0 Å². The van der Waals surface area contributed by atoms with Crippen LogP contribution >= 0.6 is 0 Å². The highest BCUT2D eigenvalue weighted by Gasteiger charge is 2.05. The fourth-order valence-electron chi connectivity index (χ4n) is 1.79. The number of ether oxygens (including phenoxy) is 1. The standard InChI is InChI=1S/C14H23NO3S/c1-3-19(16,17)9-5-8-15-11-13-6-4-7-14(10-13)12-18-2/h4,6-7,10,15H,3,5,8-9,11-12H2,1-2H3. The van der Waals surface area contributed by atoms with Crippen molar-refractivity contribution in [2.75, 3.05) is 25.2 Å². The lowest BCUT2D eigenvalue weighted by molar-refractivity contribution is 0.185. The molecule has 0 atom stereocenters. The second-order valence-electron chi connectivity index (χ2n) is 4.52. The van der Waals surface area contributed by atoms with Gasteiger partial charge in [-0.25, -0.2) is 8.42 Å². The number of hydrogen-bond acceptors (Lipinski definition) is 4. The Morgan fingerprint density at radius 3 is 2.68 bits per heavy atom. The summed E-state index contributed by atoms with van der Waals surface area (Å²) in [5.41, 5.74) is 2.34. The zero-order chi connectivity index (χ0) is 14.1. The zero-order valence-corrected chi connectivity index (χ0v) is 12.5. The van der Waals surface area contributed by atoms with Gasteiger partial charge in [0.1, 0.15) is 9.84 Å². The van der Waals surface area contributed by atoms with Crippen LogP contribution in [-0.4, -0.2) is 33.6 Å². The quantitative estimate of drug-likeness (QED) is 0.702. The second kappa shape index (κ2) is 8.30. The van der Waals surface area contributed by atoms with E-state index < -0.39 is 9.84 Å². The molecule has 0 aliphatic rings. The van der Waals surface area contributed by atoms with Crippen molar-refractivity contribution in [1.29, 1.82) is 0 Å². The van der Waals surface area contributed by atoms with E-state index in [-0.39, 0.29) is 11.5 Å². The number of nitrogens with one attached hydrogen (secondary N) is 1. The van der Waals surface area contributed by atoms with Crippen molar-refractivity contribution in [2.24, 2.45) is 0 Å². The van der Waals surface area contributed by atoms with Crippen LogP contribution in [0.25, 0.3) is 0 Å². The van der Waals surface area contributed by atoms with Crippen LogP contribution in [-0.2, 0) is 27.7 Å². The molecule has 0 aliphatic heterocycles. The minimum absolute atomic E-state index is 0.228. The van der Waals surface area contributed by atoms with E-state index in [1.54, 1.807) is 14.0 Å². The van der Waals surface area contributed by atoms with Crippen molar-refractivity contribution in [3.05, 3.63) is 35.4 Å². The Labute approximate surface area is 116 Å². The molecule has 0 fully saturated rings. The van der Waals surface area contributed by atoms with Gasteiger partial charge in [0, 0.05) is 19.4 Å². The molecule has 1 aromatic carbocycles. The third-order valence-corrected chi connectivity index (χ3v) is 4.67. The maximum atomic E-state index is 11.3. The Morgan fingerprint density at radius 2 is 2.00 bits per heavy atom. The van der Waals surface area contributed by atoms with Crippen molar-refractivity contribution < 1.29 is 13.2 Å². The number of rotatable bonds is 9. The van der Waals surface area contributed by atoms with Crippen molar-refractivity contribution in [2.45, 2.75) is 26.5 Å². The van der Waals surface area contributed by atoms with Crippen LogP contribution in [0.5, 0.6) is 0 Å². The highest BCUT2D eigenvalue weighted by molar-refractivity contribution is 7.91. The molecule has 1 N–H and O–H groups in total. The molecule has 0 unspecified atom stereocenters. The number of methoxy groups -OCH3 is 1. The first-order valence-electron chi connectivity index (χ1n) is 6.55. The van der Waals surface area contributed by atoms with Gasteiger partial charge in [-0.1, -0.05) is 31.2 Å². The minimum atomic E-state index is -2.84. The van der Waals surface area contributed by atoms with Crippen LogP contribution in [0.4, 0.5) is 0 Å². The SMILES string of the molecule is CCS(=O)(=O)CCCNCc1cccc(COC)c1. The van der Waals surface area contributed by atoms with E-state index in [4.69, 9.17) is 4.74 Å². The molecule has 0 spiro atoms. The summed E-state index contributed by atoms with van der Waals surface area (Å²) in [6, 6.07) is 8.18. The molecule has 19 heavy (non-hydrogen) atoms. The Bertz CT molecular complexity index is 471.